The van der Waals surface area contributed by atoms with Crippen molar-refractivity contribution < 1.29 is 29.4 Å². The van der Waals surface area contributed by atoms with Crippen LogP contribution >= 0.6 is 33.2 Å². The van der Waals surface area contributed by atoms with Crippen molar-refractivity contribution in [3.63, 3.8) is 0 Å². The molecule has 0 aliphatic carbocycles. The van der Waals surface area contributed by atoms with Gasteiger partial charge in [0, 0.05) is 17.2 Å². The normalized spacial score (nSPS) is 22.5. The van der Waals surface area contributed by atoms with Crippen molar-refractivity contribution in [2.75, 3.05) is 5.75 Å². The molecule has 1 fully saturated rings. The number of carboxylic acid groups (broad SMARTS) is 1. The summed E-state index contributed by atoms with van der Waals surface area (Å²) < 4.78 is -0.950. The van der Waals surface area contributed by atoms with Crippen LogP contribution in [0, 0.1) is 0 Å². The van der Waals surface area contributed by atoms with Crippen LogP contribution in [0.4, 0.5) is 0 Å². The van der Waals surface area contributed by atoms with Crippen molar-refractivity contribution >= 4 is 56.9 Å². The molecule has 2 aromatic carbocycles. The van der Waals surface area contributed by atoms with Gasteiger partial charge in [-0.05, 0) is 55.7 Å². The van der Waals surface area contributed by atoms with Gasteiger partial charge in [-0.2, -0.15) is 0 Å². The topological polar surface area (TPSA) is 171 Å². The van der Waals surface area contributed by atoms with Gasteiger partial charge in [0.15, 0.2) is 0 Å². The standard InChI is InChI=1S/C26H31ClN4O6S2/c1-26(2)21(25(36)37)31-23(34)19(12-15-3-7-16(27)8-4-15)29-24(35)20(13-38-39-26)30-22(33)18(28)11-14-5-9-17(32)10-6-14/h3-10,18-21,32H,11-13,28H2,1-2H3,(H,29,35)(H,30,33)(H,31,34)(H,36,37)/t18-,19?,20+,21-/m0/s1. The summed E-state index contributed by atoms with van der Waals surface area (Å²) in [6, 6.07) is 8.62. The van der Waals surface area contributed by atoms with Crippen LogP contribution in [0.2, 0.25) is 5.02 Å². The zero-order valence-corrected chi connectivity index (χ0v) is 23.7. The van der Waals surface area contributed by atoms with Crippen molar-refractivity contribution in [3.8, 4) is 5.75 Å². The molecule has 1 saturated heterocycles. The summed E-state index contributed by atoms with van der Waals surface area (Å²) in [6.45, 7) is 3.37. The van der Waals surface area contributed by atoms with Crippen LogP contribution in [0.5, 0.6) is 5.75 Å². The number of amides is 3. The van der Waals surface area contributed by atoms with Crippen LogP contribution in [0.3, 0.4) is 0 Å². The molecule has 1 aliphatic heterocycles. The molecule has 7 N–H and O–H groups in total. The van der Waals surface area contributed by atoms with E-state index >= 15 is 0 Å². The molecule has 13 heteroatoms. The maximum absolute atomic E-state index is 13.3. The molecule has 0 saturated carbocycles. The smallest absolute Gasteiger partial charge is 0.327 e. The number of phenols is 1. The Hall–Kier alpha value is -2.93. The number of aromatic hydroxyl groups is 1. The second-order valence-corrected chi connectivity index (χ2v) is 13.1. The van der Waals surface area contributed by atoms with Crippen LogP contribution in [-0.4, -0.2) is 68.6 Å². The number of carboxylic acids is 1. The maximum Gasteiger partial charge on any atom is 0.327 e. The van der Waals surface area contributed by atoms with Gasteiger partial charge < -0.3 is 31.9 Å². The van der Waals surface area contributed by atoms with E-state index in [4.69, 9.17) is 17.3 Å². The number of benzene rings is 2. The summed E-state index contributed by atoms with van der Waals surface area (Å²) in [5.74, 6) is -2.85. The number of rotatable bonds is 7. The Bertz CT molecular complexity index is 1200. The average molecular weight is 595 g/mol. The molecule has 210 valence electrons. The van der Waals surface area contributed by atoms with E-state index in [0.29, 0.717) is 10.6 Å². The molecule has 4 atom stereocenters. The van der Waals surface area contributed by atoms with Gasteiger partial charge in [0.2, 0.25) is 17.7 Å². The van der Waals surface area contributed by atoms with Gasteiger partial charge in [0.1, 0.15) is 23.9 Å². The van der Waals surface area contributed by atoms with Gasteiger partial charge in [-0.3, -0.25) is 14.4 Å². The monoisotopic (exact) mass is 594 g/mol. The lowest BCUT2D eigenvalue weighted by atomic mass is 10.0. The first kappa shape index (κ1) is 30.6. The van der Waals surface area contributed by atoms with Crippen LogP contribution in [0.1, 0.15) is 25.0 Å². The Morgan fingerprint density at radius 1 is 1.08 bits per heavy atom. The fourth-order valence-electron chi connectivity index (χ4n) is 3.86. The molecule has 1 heterocycles. The number of aliphatic carboxylic acids is 1. The highest BCUT2D eigenvalue weighted by Crippen LogP contribution is 2.39. The third-order valence-corrected chi connectivity index (χ3v) is 9.64. The lowest BCUT2D eigenvalue weighted by Crippen LogP contribution is -2.59. The first-order valence-electron chi connectivity index (χ1n) is 12.1. The van der Waals surface area contributed by atoms with Gasteiger partial charge in [0.25, 0.3) is 0 Å². The molecule has 0 bridgehead atoms. The van der Waals surface area contributed by atoms with E-state index in [-0.39, 0.29) is 24.3 Å². The molecule has 1 unspecified atom stereocenters. The molecular weight excluding hydrogens is 564 g/mol. The van der Waals surface area contributed by atoms with E-state index in [0.717, 1.165) is 5.56 Å². The zero-order valence-electron chi connectivity index (χ0n) is 21.3. The van der Waals surface area contributed by atoms with E-state index in [1.807, 2.05) is 0 Å². The minimum Gasteiger partial charge on any atom is -0.508 e. The molecule has 0 aromatic heterocycles. The van der Waals surface area contributed by atoms with Gasteiger partial charge in [-0.1, -0.05) is 57.5 Å². The van der Waals surface area contributed by atoms with Crippen LogP contribution in [-0.2, 0) is 32.0 Å². The van der Waals surface area contributed by atoms with E-state index in [9.17, 15) is 29.4 Å². The second kappa shape index (κ2) is 13.4. The Labute approximate surface area is 239 Å². The molecule has 2 aromatic rings. The highest BCUT2D eigenvalue weighted by atomic mass is 35.5. The second-order valence-electron chi connectivity index (χ2n) is 9.68. The fraction of sp³-hybridized carbons (Fsp3) is 0.385. The SMILES string of the molecule is CC1(C)SSC[C@@H](NC(=O)[C@@H](N)Cc2ccc(O)cc2)C(=O)NC(Cc2ccc(Cl)cc2)C(=O)N[C@H]1C(=O)O. The molecule has 3 amide bonds. The zero-order chi connectivity index (χ0) is 28.7. The Balaban J connectivity index is 1.82. The lowest BCUT2D eigenvalue weighted by Gasteiger charge is -2.31. The molecule has 3 rings (SSSR count). The van der Waals surface area contributed by atoms with E-state index < -0.39 is 52.6 Å². The van der Waals surface area contributed by atoms with Crippen molar-refractivity contribution in [3.05, 3.63) is 64.7 Å². The Morgan fingerprint density at radius 3 is 2.31 bits per heavy atom. The summed E-state index contributed by atoms with van der Waals surface area (Å²) in [5.41, 5.74) is 7.53. The summed E-state index contributed by atoms with van der Waals surface area (Å²) in [7, 11) is 2.41. The highest BCUT2D eigenvalue weighted by Gasteiger charge is 2.40. The fourth-order valence-corrected chi connectivity index (χ4v) is 6.79. The van der Waals surface area contributed by atoms with Crippen molar-refractivity contribution in [1.82, 2.24) is 16.0 Å². The average Bonchev–Trinajstić information content (AvgIpc) is 2.88. The largest absolute Gasteiger partial charge is 0.508 e. The van der Waals surface area contributed by atoms with Gasteiger partial charge in [-0.25, -0.2) is 4.79 Å². The third kappa shape index (κ3) is 8.79. The van der Waals surface area contributed by atoms with Crippen LogP contribution < -0.4 is 21.7 Å². The molecular formula is C26H31ClN4O6S2. The number of hydrogen-bond donors (Lipinski definition) is 6. The quantitative estimate of drug-likeness (QED) is 0.262. The first-order chi connectivity index (χ1) is 18.4. The van der Waals surface area contributed by atoms with Gasteiger partial charge in [-0.15, -0.1) is 0 Å². The van der Waals surface area contributed by atoms with E-state index in [1.165, 1.54) is 33.7 Å². The van der Waals surface area contributed by atoms with Gasteiger partial charge >= 0.3 is 5.97 Å². The predicted molar refractivity (Wildman–Crippen MR) is 152 cm³/mol. The minimum absolute atomic E-state index is 0.0723. The predicted octanol–water partition coefficient (Wildman–Crippen LogP) is 1.87. The molecule has 39 heavy (non-hydrogen) atoms. The number of nitrogens with two attached hydrogens (primary N) is 1. The lowest BCUT2D eigenvalue weighted by molar-refractivity contribution is -0.143. The Kier molecular flexibility index (Phi) is 10.5. The molecule has 0 spiro atoms. The summed E-state index contributed by atoms with van der Waals surface area (Å²) >= 11 is 5.97. The third-order valence-electron chi connectivity index (χ3n) is 6.08. The number of carbonyl (C=O) groups excluding carboxylic acids is 3. The number of hydrogen-bond acceptors (Lipinski definition) is 8. The maximum atomic E-state index is 13.3. The highest BCUT2D eigenvalue weighted by molar-refractivity contribution is 8.77. The van der Waals surface area contributed by atoms with Crippen molar-refractivity contribution in [2.24, 2.45) is 5.73 Å². The number of carbonyl (C=O) groups is 4. The molecule has 1 aliphatic rings. The summed E-state index contributed by atoms with van der Waals surface area (Å²) in [4.78, 5) is 51.6. The van der Waals surface area contributed by atoms with Crippen molar-refractivity contribution in [1.29, 1.82) is 0 Å². The summed E-state index contributed by atoms with van der Waals surface area (Å²) in [6.07, 6.45) is 0.250. The first-order valence-corrected chi connectivity index (χ1v) is 14.8. The van der Waals surface area contributed by atoms with Crippen molar-refractivity contribution in [2.45, 2.75) is 55.6 Å². The van der Waals surface area contributed by atoms with Crippen LogP contribution in [0.15, 0.2) is 48.5 Å². The molecule has 10 nitrogen and oxygen atoms in total. The molecule has 0 radical (unpaired) electrons. The minimum atomic E-state index is -1.24. The Morgan fingerprint density at radius 2 is 1.69 bits per heavy atom. The van der Waals surface area contributed by atoms with E-state index in [1.54, 1.807) is 50.2 Å². The number of phenolic OH excluding ortho intramolecular Hbond substituents is 1. The van der Waals surface area contributed by atoms with Gasteiger partial charge in [0.05, 0.1) is 10.8 Å². The number of nitrogens with one attached hydrogen (secondary N) is 3. The van der Waals surface area contributed by atoms with E-state index in [2.05, 4.69) is 16.0 Å². The number of halogens is 1. The van der Waals surface area contributed by atoms with Crippen LogP contribution in [0.25, 0.3) is 0 Å². The summed E-state index contributed by atoms with van der Waals surface area (Å²) in [5, 5.41) is 27.7.